The van der Waals surface area contributed by atoms with Gasteiger partial charge in [0, 0.05) is 43.8 Å². The predicted molar refractivity (Wildman–Crippen MR) is 115 cm³/mol. The van der Waals surface area contributed by atoms with Gasteiger partial charge < -0.3 is 31.7 Å². The van der Waals surface area contributed by atoms with E-state index in [1.54, 1.807) is 0 Å². The Hall–Kier alpha value is -1.18. The van der Waals surface area contributed by atoms with E-state index in [-0.39, 0.29) is 11.1 Å². The summed E-state index contributed by atoms with van der Waals surface area (Å²) in [7, 11) is 1.98. The fourth-order valence-corrected chi connectivity index (χ4v) is 2.67. The van der Waals surface area contributed by atoms with E-state index >= 15 is 0 Å². The molecular weight excluding hydrogens is 338 g/mol. The molecule has 0 aliphatic carbocycles. The summed E-state index contributed by atoms with van der Waals surface area (Å²) in [5.41, 5.74) is 6.91. The average molecular weight is 380 g/mol. The molecule has 6 nitrogen and oxygen atoms in total. The Morgan fingerprint density at radius 3 is 2.44 bits per heavy atom. The molecule has 156 valence electrons. The van der Waals surface area contributed by atoms with Gasteiger partial charge in [-0.3, -0.25) is 0 Å². The van der Waals surface area contributed by atoms with Crippen molar-refractivity contribution in [2.45, 2.75) is 51.7 Å². The molecule has 0 heterocycles. The molecule has 0 unspecified atom stereocenters. The minimum Gasteiger partial charge on any atom is -0.492 e. The van der Waals surface area contributed by atoms with E-state index in [1.165, 1.54) is 0 Å². The van der Waals surface area contributed by atoms with Gasteiger partial charge in [-0.2, -0.15) is 0 Å². The molecule has 1 rings (SSSR count). The predicted octanol–water partition coefficient (Wildman–Crippen LogP) is 1.46. The minimum absolute atomic E-state index is 0.0768. The molecule has 1 aromatic carbocycles. The molecule has 6 N–H and O–H groups in total. The summed E-state index contributed by atoms with van der Waals surface area (Å²) in [4.78, 5) is 0. The smallest absolute Gasteiger partial charge is 0.119 e. The SMILES string of the molecule is CNCCNC(C)(C)CNC(C)(C)CCNCCOc1cccc(CN)c1. The van der Waals surface area contributed by atoms with Crippen LogP contribution in [0.1, 0.15) is 39.7 Å². The fraction of sp³-hybridized carbons (Fsp3) is 0.714. The van der Waals surface area contributed by atoms with Crippen LogP contribution in [0, 0.1) is 0 Å². The summed E-state index contributed by atoms with van der Waals surface area (Å²) in [5, 5.41) is 13.9. The molecule has 27 heavy (non-hydrogen) atoms. The Morgan fingerprint density at radius 2 is 1.74 bits per heavy atom. The van der Waals surface area contributed by atoms with Gasteiger partial charge in [0.1, 0.15) is 12.4 Å². The topological polar surface area (TPSA) is 83.4 Å². The van der Waals surface area contributed by atoms with E-state index in [1.807, 2.05) is 31.3 Å². The lowest BCUT2D eigenvalue weighted by Crippen LogP contribution is -2.54. The van der Waals surface area contributed by atoms with E-state index in [2.05, 4.69) is 49.0 Å². The first-order chi connectivity index (χ1) is 12.8. The Labute approximate surface area is 166 Å². The van der Waals surface area contributed by atoms with Crippen molar-refractivity contribution in [3.8, 4) is 5.75 Å². The van der Waals surface area contributed by atoms with Gasteiger partial charge in [-0.1, -0.05) is 12.1 Å². The highest BCUT2D eigenvalue weighted by atomic mass is 16.5. The van der Waals surface area contributed by atoms with Crippen molar-refractivity contribution in [1.82, 2.24) is 21.3 Å². The van der Waals surface area contributed by atoms with Gasteiger partial charge in [-0.25, -0.2) is 0 Å². The van der Waals surface area contributed by atoms with Gasteiger partial charge in [-0.15, -0.1) is 0 Å². The highest BCUT2D eigenvalue weighted by molar-refractivity contribution is 5.28. The van der Waals surface area contributed by atoms with E-state index in [0.717, 1.165) is 50.5 Å². The maximum absolute atomic E-state index is 5.77. The fourth-order valence-electron chi connectivity index (χ4n) is 2.67. The summed E-state index contributed by atoms with van der Waals surface area (Å²) in [6.07, 6.45) is 1.06. The molecule has 0 saturated carbocycles. The minimum atomic E-state index is 0.0768. The van der Waals surface area contributed by atoms with E-state index in [0.29, 0.717) is 13.2 Å². The van der Waals surface area contributed by atoms with Crippen LogP contribution < -0.4 is 31.7 Å². The van der Waals surface area contributed by atoms with Crippen LogP contribution >= 0.6 is 0 Å². The van der Waals surface area contributed by atoms with Crippen molar-refractivity contribution >= 4 is 0 Å². The zero-order valence-electron chi connectivity index (χ0n) is 18.0. The number of likely N-dealkylation sites (N-methyl/N-ethyl adjacent to an activating group) is 1. The van der Waals surface area contributed by atoms with Crippen molar-refractivity contribution in [3.05, 3.63) is 29.8 Å². The Bertz CT molecular complexity index is 519. The summed E-state index contributed by atoms with van der Waals surface area (Å²) in [5.74, 6) is 0.884. The second-order valence-corrected chi connectivity index (χ2v) is 8.35. The quantitative estimate of drug-likeness (QED) is 0.297. The molecule has 0 spiro atoms. The third kappa shape index (κ3) is 11.3. The van der Waals surface area contributed by atoms with Crippen molar-refractivity contribution in [3.63, 3.8) is 0 Å². The number of hydrogen-bond donors (Lipinski definition) is 5. The van der Waals surface area contributed by atoms with Crippen molar-refractivity contribution in [2.24, 2.45) is 5.73 Å². The van der Waals surface area contributed by atoms with Gasteiger partial charge in [0.15, 0.2) is 0 Å². The summed E-state index contributed by atoms with van der Waals surface area (Å²) in [6.45, 7) is 14.9. The molecule has 0 saturated heterocycles. The lowest BCUT2D eigenvalue weighted by atomic mass is 9.97. The van der Waals surface area contributed by atoms with E-state index in [4.69, 9.17) is 10.5 Å². The molecule has 0 aromatic heterocycles. The van der Waals surface area contributed by atoms with Crippen LogP contribution in [0.15, 0.2) is 24.3 Å². The van der Waals surface area contributed by atoms with Crippen LogP contribution in [-0.4, -0.2) is 57.5 Å². The van der Waals surface area contributed by atoms with Crippen LogP contribution in [0.25, 0.3) is 0 Å². The zero-order chi connectivity index (χ0) is 20.2. The Morgan fingerprint density at radius 1 is 0.963 bits per heavy atom. The monoisotopic (exact) mass is 379 g/mol. The zero-order valence-corrected chi connectivity index (χ0v) is 18.0. The third-order valence-corrected chi connectivity index (χ3v) is 4.60. The molecule has 0 radical (unpaired) electrons. The molecule has 1 aromatic rings. The molecule has 6 heteroatoms. The largest absolute Gasteiger partial charge is 0.492 e. The number of benzene rings is 1. The lowest BCUT2D eigenvalue weighted by molar-refractivity contribution is 0.280. The van der Waals surface area contributed by atoms with Crippen molar-refractivity contribution in [1.29, 1.82) is 0 Å². The number of ether oxygens (including phenoxy) is 1. The first kappa shape index (κ1) is 23.9. The average Bonchev–Trinajstić information content (AvgIpc) is 2.63. The molecule has 0 aliphatic rings. The first-order valence-corrected chi connectivity index (χ1v) is 10.1. The first-order valence-electron chi connectivity index (χ1n) is 10.1. The maximum atomic E-state index is 5.77. The summed E-state index contributed by atoms with van der Waals surface area (Å²) < 4.78 is 5.77. The lowest BCUT2D eigenvalue weighted by Gasteiger charge is -2.34. The van der Waals surface area contributed by atoms with Gasteiger partial charge >= 0.3 is 0 Å². The van der Waals surface area contributed by atoms with Crippen molar-refractivity contribution in [2.75, 3.05) is 46.4 Å². The second-order valence-electron chi connectivity index (χ2n) is 8.35. The third-order valence-electron chi connectivity index (χ3n) is 4.60. The maximum Gasteiger partial charge on any atom is 0.119 e. The second kappa shape index (κ2) is 12.3. The molecule has 0 amide bonds. The van der Waals surface area contributed by atoms with Crippen LogP contribution in [-0.2, 0) is 6.54 Å². The highest BCUT2D eigenvalue weighted by Crippen LogP contribution is 2.12. The molecule has 0 bridgehead atoms. The standard InChI is InChI=1S/C21H41N5O/c1-20(2,26-17-21(3,4)25-12-11-23-5)9-10-24-13-14-27-19-8-6-7-18(15-19)16-22/h6-8,15,23-26H,9-14,16-17,22H2,1-5H3. The Balaban J connectivity index is 2.16. The van der Waals surface area contributed by atoms with E-state index in [9.17, 15) is 0 Å². The number of nitrogens with two attached hydrogens (primary N) is 1. The van der Waals surface area contributed by atoms with Crippen LogP contribution in [0.3, 0.4) is 0 Å². The van der Waals surface area contributed by atoms with Crippen LogP contribution in [0.5, 0.6) is 5.75 Å². The summed E-state index contributed by atoms with van der Waals surface area (Å²) in [6, 6.07) is 7.96. The Kier molecular flexibility index (Phi) is 10.9. The number of rotatable bonds is 15. The van der Waals surface area contributed by atoms with Gasteiger partial charge in [0.2, 0.25) is 0 Å². The normalized spacial score (nSPS) is 12.4. The van der Waals surface area contributed by atoms with Gasteiger partial charge in [-0.05, 0) is 65.4 Å². The number of nitrogens with one attached hydrogen (secondary N) is 4. The van der Waals surface area contributed by atoms with Gasteiger partial charge in [0.05, 0.1) is 0 Å². The van der Waals surface area contributed by atoms with Crippen LogP contribution in [0.2, 0.25) is 0 Å². The summed E-state index contributed by atoms with van der Waals surface area (Å²) >= 11 is 0. The number of hydrogen-bond acceptors (Lipinski definition) is 6. The van der Waals surface area contributed by atoms with Crippen LogP contribution in [0.4, 0.5) is 0 Å². The van der Waals surface area contributed by atoms with E-state index < -0.39 is 0 Å². The van der Waals surface area contributed by atoms with Gasteiger partial charge in [0.25, 0.3) is 0 Å². The highest BCUT2D eigenvalue weighted by Gasteiger charge is 2.22. The molecule has 0 fully saturated rings. The molecule has 0 atom stereocenters. The molecular formula is C21H41N5O. The van der Waals surface area contributed by atoms with Crippen molar-refractivity contribution < 1.29 is 4.74 Å². The molecule has 0 aliphatic heterocycles.